The second-order valence-electron chi connectivity index (χ2n) is 3.97. The molecule has 2 N–H and O–H groups in total. The maximum atomic E-state index is 11.2. The molecule has 2 atom stereocenters. The molecular formula is C14H12N2O4. The average molecular weight is 272 g/mol. The normalized spacial score (nSPS) is 14.9. The third-order valence-corrected chi connectivity index (χ3v) is 2.77. The van der Waals surface area contributed by atoms with E-state index in [0.29, 0.717) is 0 Å². The predicted molar refractivity (Wildman–Crippen MR) is 68.0 cm³/mol. The monoisotopic (exact) mass is 272 g/mol. The molecule has 0 aromatic carbocycles. The van der Waals surface area contributed by atoms with Crippen LogP contribution in [0.25, 0.3) is 0 Å². The molecule has 0 radical (unpaired) electrons. The Morgan fingerprint density at radius 1 is 0.950 bits per heavy atom. The first-order valence-corrected chi connectivity index (χ1v) is 5.37. The average Bonchev–Trinajstić information content (AvgIpc) is 2.41. The predicted octanol–water partition coefficient (Wildman–Crippen LogP) is 1.64. The van der Waals surface area contributed by atoms with E-state index in [9.17, 15) is 9.59 Å². The van der Waals surface area contributed by atoms with Crippen molar-refractivity contribution in [2.45, 2.75) is 12.8 Å². The van der Waals surface area contributed by atoms with E-state index in [4.69, 9.17) is 20.7 Å². The fourth-order valence-electron chi connectivity index (χ4n) is 1.50. The molecule has 0 aliphatic carbocycles. The van der Waals surface area contributed by atoms with E-state index in [2.05, 4.69) is 24.6 Å². The van der Waals surface area contributed by atoms with Crippen molar-refractivity contribution in [3.63, 3.8) is 0 Å². The minimum Gasteiger partial charge on any atom is -0.480 e. The number of hydrogen-bond acceptors (Lipinski definition) is 4. The molecule has 0 rings (SSSR count). The summed E-state index contributed by atoms with van der Waals surface area (Å²) < 4.78 is 0. The van der Waals surface area contributed by atoms with Gasteiger partial charge in [-0.2, -0.15) is 10.5 Å². The molecule has 20 heavy (non-hydrogen) atoms. The van der Waals surface area contributed by atoms with Crippen molar-refractivity contribution in [3.8, 4) is 12.1 Å². The summed E-state index contributed by atoms with van der Waals surface area (Å²) in [6, 6.07) is 3.17. The van der Waals surface area contributed by atoms with Crippen molar-refractivity contribution >= 4 is 11.9 Å². The fraction of sp³-hybridized carbons (Fsp3) is 0.286. The Labute approximate surface area is 115 Å². The number of nitrogens with zero attached hydrogens (tertiary/aromatic N) is 2. The molecule has 6 nitrogen and oxygen atoms in total. The molecule has 2 unspecified atom stereocenters. The van der Waals surface area contributed by atoms with E-state index in [-0.39, 0.29) is 12.8 Å². The SMILES string of the molecule is C=C=CC(C#N)(CCC(C#N)(C=C=C)C(=O)O)C(=O)O. The molecular weight excluding hydrogens is 260 g/mol. The van der Waals surface area contributed by atoms with Gasteiger partial charge in [0.1, 0.15) is 0 Å². The summed E-state index contributed by atoms with van der Waals surface area (Å²) in [5.41, 5.74) is 0.463. The van der Waals surface area contributed by atoms with Gasteiger partial charge in [-0.1, -0.05) is 13.2 Å². The highest BCUT2D eigenvalue weighted by Crippen LogP contribution is 2.33. The molecule has 0 aliphatic heterocycles. The largest absolute Gasteiger partial charge is 0.480 e. The highest BCUT2D eigenvalue weighted by atomic mass is 16.4. The summed E-state index contributed by atoms with van der Waals surface area (Å²) in [5.74, 6) is -2.92. The van der Waals surface area contributed by atoms with Crippen LogP contribution in [0.3, 0.4) is 0 Å². The van der Waals surface area contributed by atoms with Gasteiger partial charge in [0.2, 0.25) is 0 Å². The Hall–Kier alpha value is -3.04. The topological polar surface area (TPSA) is 122 Å². The van der Waals surface area contributed by atoms with Gasteiger partial charge in [-0.25, -0.2) is 0 Å². The van der Waals surface area contributed by atoms with Crippen LogP contribution >= 0.6 is 0 Å². The van der Waals surface area contributed by atoms with Crippen molar-refractivity contribution in [2.75, 3.05) is 0 Å². The lowest BCUT2D eigenvalue weighted by Gasteiger charge is -2.22. The maximum Gasteiger partial charge on any atom is 0.328 e. The van der Waals surface area contributed by atoms with Crippen molar-refractivity contribution in [3.05, 3.63) is 36.8 Å². The molecule has 0 heterocycles. The zero-order valence-corrected chi connectivity index (χ0v) is 10.6. The third-order valence-electron chi connectivity index (χ3n) is 2.77. The van der Waals surface area contributed by atoms with Crippen molar-refractivity contribution in [2.24, 2.45) is 10.8 Å². The molecule has 0 spiro atoms. The van der Waals surface area contributed by atoms with Crippen LogP contribution in [-0.4, -0.2) is 22.2 Å². The van der Waals surface area contributed by atoms with E-state index in [1.807, 2.05) is 0 Å². The van der Waals surface area contributed by atoms with Crippen LogP contribution in [-0.2, 0) is 9.59 Å². The Balaban J connectivity index is 5.62. The van der Waals surface area contributed by atoms with Gasteiger partial charge in [-0.15, -0.1) is 11.5 Å². The quantitative estimate of drug-likeness (QED) is 0.679. The first-order valence-electron chi connectivity index (χ1n) is 5.37. The molecule has 0 aromatic rings. The highest BCUT2D eigenvalue weighted by molar-refractivity contribution is 5.82. The van der Waals surface area contributed by atoms with Gasteiger partial charge < -0.3 is 10.2 Å². The van der Waals surface area contributed by atoms with Gasteiger partial charge in [-0.05, 0) is 25.0 Å². The second-order valence-corrected chi connectivity index (χ2v) is 3.97. The number of hydrogen-bond donors (Lipinski definition) is 2. The van der Waals surface area contributed by atoms with E-state index < -0.39 is 22.8 Å². The minimum atomic E-state index is -1.98. The molecule has 102 valence electrons. The summed E-state index contributed by atoms with van der Waals surface area (Å²) in [6.45, 7) is 6.41. The van der Waals surface area contributed by atoms with E-state index in [0.717, 1.165) is 12.2 Å². The minimum absolute atomic E-state index is 0.389. The zero-order chi connectivity index (χ0) is 15.8. The number of nitriles is 2. The van der Waals surface area contributed by atoms with Crippen molar-refractivity contribution in [1.82, 2.24) is 0 Å². The van der Waals surface area contributed by atoms with E-state index in [1.165, 1.54) is 0 Å². The third kappa shape index (κ3) is 3.25. The molecule has 0 amide bonds. The Kier molecular flexibility index (Phi) is 5.75. The lowest BCUT2D eigenvalue weighted by Crippen LogP contribution is -2.33. The summed E-state index contributed by atoms with van der Waals surface area (Å²) >= 11 is 0. The van der Waals surface area contributed by atoms with Crippen LogP contribution in [0.1, 0.15) is 12.8 Å². The lowest BCUT2D eigenvalue weighted by molar-refractivity contribution is -0.147. The van der Waals surface area contributed by atoms with Crippen LogP contribution in [0.2, 0.25) is 0 Å². The second kappa shape index (κ2) is 6.78. The van der Waals surface area contributed by atoms with Gasteiger partial charge >= 0.3 is 11.9 Å². The standard InChI is InChI=1S/C14H12N2O4/c1-3-5-13(9-15,11(17)18)7-8-14(10-16,6-4-2)12(19)20/h5-6H,1-2,7-8H2,(H,17,18)(H,19,20). The summed E-state index contributed by atoms with van der Waals surface area (Å²) in [4.78, 5) is 22.4. The number of carboxylic acid groups (broad SMARTS) is 2. The van der Waals surface area contributed by atoms with Gasteiger partial charge in [0.05, 0.1) is 12.1 Å². The van der Waals surface area contributed by atoms with Crippen LogP contribution in [0.5, 0.6) is 0 Å². The zero-order valence-electron chi connectivity index (χ0n) is 10.6. The van der Waals surface area contributed by atoms with Gasteiger partial charge in [0.15, 0.2) is 10.8 Å². The van der Waals surface area contributed by atoms with Crippen LogP contribution in [0.15, 0.2) is 36.8 Å². The molecule has 6 heteroatoms. The van der Waals surface area contributed by atoms with Crippen LogP contribution in [0.4, 0.5) is 0 Å². The Bertz CT molecular complexity index is 536. The molecule has 0 bridgehead atoms. The van der Waals surface area contributed by atoms with E-state index in [1.54, 1.807) is 12.1 Å². The maximum absolute atomic E-state index is 11.2. The number of carboxylic acids is 2. The molecule has 0 aliphatic rings. The number of rotatable bonds is 7. The van der Waals surface area contributed by atoms with Crippen LogP contribution < -0.4 is 0 Å². The summed E-state index contributed by atoms with van der Waals surface area (Å²) in [5, 5.41) is 36.2. The highest BCUT2D eigenvalue weighted by Gasteiger charge is 2.43. The fourth-order valence-corrected chi connectivity index (χ4v) is 1.50. The molecule has 0 aromatic heterocycles. The smallest absolute Gasteiger partial charge is 0.328 e. The van der Waals surface area contributed by atoms with Crippen LogP contribution in [0, 0.1) is 33.5 Å². The number of carbonyl (C=O) groups is 2. The lowest BCUT2D eigenvalue weighted by atomic mass is 9.76. The van der Waals surface area contributed by atoms with Gasteiger partial charge in [0.25, 0.3) is 0 Å². The van der Waals surface area contributed by atoms with Gasteiger partial charge in [-0.3, -0.25) is 9.59 Å². The van der Waals surface area contributed by atoms with Gasteiger partial charge in [0, 0.05) is 0 Å². The van der Waals surface area contributed by atoms with Crippen molar-refractivity contribution in [1.29, 1.82) is 10.5 Å². The molecule has 0 saturated carbocycles. The van der Waals surface area contributed by atoms with Crippen molar-refractivity contribution < 1.29 is 19.8 Å². The summed E-state index contributed by atoms with van der Waals surface area (Å²) in [6.07, 6.45) is 1.10. The Morgan fingerprint density at radius 2 is 1.25 bits per heavy atom. The summed E-state index contributed by atoms with van der Waals surface area (Å²) in [7, 11) is 0. The number of aliphatic carboxylic acids is 2. The first kappa shape index (κ1) is 17.0. The molecule has 0 fully saturated rings. The Morgan fingerprint density at radius 3 is 1.40 bits per heavy atom. The molecule has 0 saturated heterocycles. The first-order chi connectivity index (χ1) is 9.34. The van der Waals surface area contributed by atoms with E-state index >= 15 is 0 Å².